The Morgan fingerprint density at radius 2 is 1.95 bits per heavy atom. The zero-order chi connectivity index (χ0) is 14.9. The van der Waals surface area contributed by atoms with E-state index in [0.29, 0.717) is 5.76 Å². The third-order valence-corrected chi connectivity index (χ3v) is 2.61. The summed E-state index contributed by atoms with van der Waals surface area (Å²) in [5, 5.41) is 5.63. The molecule has 1 aromatic carbocycles. The second-order valence-corrected chi connectivity index (χ2v) is 4.45. The monoisotopic (exact) mass is 284 g/mol. The van der Waals surface area contributed by atoms with E-state index in [2.05, 4.69) is 10.5 Å². The van der Waals surface area contributed by atoms with Crippen molar-refractivity contribution in [2.24, 2.45) is 0 Å². The van der Waals surface area contributed by atoms with Gasteiger partial charge in [0.2, 0.25) is 0 Å². The molecule has 0 bridgehead atoms. The molecular weight excluding hydrogens is 273 g/mol. The number of anilines is 1. The van der Waals surface area contributed by atoms with Gasteiger partial charge >= 0.3 is 0 Å². The van der Waals surface area contributed by atoms with E-state index in [1.54, 1.807) is 0 Å². The largest absolute Gasteiger partial charge is 0.360 e. The Morgan fingerprint density at radius 1 is 1.25 bits per heavy atom. The molecule has 0 fully saturated rings. The molecule has 106 valence electrons. The van der Waals surface area contributed by atoms with E-state index in [0.717, 1.165) is 12.1 Å². The smallest absolute Gasteiger partial charge is 0.277 e. The van der Waals surface area contributed by atoms with Gasteiger partial charge in [0, 0.05) is 12.0 Å². The molecule has 0 radical (unpaired) electrons. The van der Waals surface area contributed by atoms with Crippen molar-refractivity contribution < 1.29 is 22.5 Å². The van der Waals surface area contributed by atoms with Gasteiger partial charge in [-0.1, -0.05) is 19.0 Å². The average Bonchev–Trinajstić information content (AvgIpc) is 2.89. The number of carbonyl (C=O) groups is 1. The predicted molar refractivity (Wildman–Crippen MR) is 64.9 cm³/mol. The molecule has 0 spiro atoms. The van der Waals surface area contributed by atoms with Crippen LogP contribution in [0.2, 0.25) is 0 Å². The molecule has 0 saturated carbocycles. The molecule has 0 aliphatic carbocycles. The topological polar surface area (TPSA) is 55.1 Å². The fourth-order valence-electron chi connectivity index (χ4n) is 1.48. The molecule has 0 unspecified atom stereocenters. The van der Waals surface area contributed by atoms with Crippen LogP contribution in [0.5, 0.6) is 0 Å². The Labute approximate surface area is 112 Å². The van der Waals surface area contributed by atoms with Crippen LogP contribution in [0.4, 0.5) is 18.9 Å². The number of hydrogen-bond donors (Lipinski definition) is 1. The highest BCUT2D eigenvalue weighted by Crippen LogP contribution is 2.21. The Kier molecular flexibility index (Phi) is 3.78. The number of nitrogens with zero attached hydrogens (tertiary/aromatic N) is 1. The van der Waals surface area contributed by atoms with Gasteiger partial charge in [0.1, 0.15) is 5.76 Å². The van der Waals surface area contributed by atoms with Crippen molar-refractivity contribution in [2.45, 2.75) is 19.8 Å². The second-order valence-electron chi connectivity index (χ2n) is 4.45. The molecule has 1 N–H and O–H groups in total. The number of halogens is 3. The van der Waals surface area contributed by atoms with Gasteiger partial charge in [0.15, 0.2) is 23.1 Å². The van der Waals surface area contributed by atoms with Crippen LogP contribution in [0.25, 0.3) is 0 Å². The third kappa shape index (κ3) is 2.66. The van der Waals surface area contributed by atoms with Crippen LogP contribution in [-0.2, 0) is 0 Å². The molecule has 2 rings (SSSR count). The van der Waals surface area contributed by atoms with Crippen molar-refractivity contribution in [3.8, 4) is 0 Å². The van der Waals surface area contributed by atoms with Gasteiger partial charge in [0.25, 0.3) is 5.91 Å². The van der Waals surface area contributed by atoms with E-state index in [1.807, 2.05) is 13.8 Å². The quantitative estimate of drug-likeness (QED) is 0.878. The number of hydrogen-bond acceptors (Lipinski definition) is 3. The van der Waals surface area contributed by atoms with Crippen molar-refractivity contribution in [1.82, 2.24) is 5.16 Å². The van der Waals surface area contributed by atoms with E-state index in [-0.39, 0.29) is 11.6 Å². The highest BCUT2D eigenvalue weighted by Gasteiger charge is 2.18. The lowest BCUT2D eigenvalue weighted by Crippen LogP contribution is -2.14. The summed E-state index contributed by atoms with van der Waals surface area (Å²) in [4.78, 5) is 11.8. The molecule has 0 aliphatic rings. The van der Waals surface area contributed by atoms with Gasteiger partial charge in [-0.3, -0.25) is 4.79 Å². The van der Waals surface area contributed by atoms with Crippen molar-refractivity contribution in [3.63, 3.8) is 0 Å². The molecule has 0 atom stereocenters. The summed E-state index contributed by atoms with van der Waals surface area (Å²) in [6.45, 7) is 3.69. The molecule has 4 nitrogen and oxygen atoms in total. The maximum atomic E-state index is 13.4. The van der Waals surface area contributed by atoms with Gasteiger partial charge in [-0.15, -0.1) is 0 Å². The maximum absolute atomic E-state index is 13.4. The summed E-state index contributed by atoms with van der Waals surface area (Å²) in [6.07, 6.45) is 0. The SMILES string of the molecule is CC(C)c1cc(C(=O)Nc2ccc(F)c(F)c2F)no1. The van der Waals surface area contributed by atoms with Crippen molar-refractivity contribution in [3.05, 3.63) is 47.1 Å². The van der Waals surface area contributed by atoms with Crippen LogP contribution in [0.15, 0.2) is 22.7 Å². The minimum atomic E-state index is -1.65. The van der Waals surface area contributed by atoms with E-state index in [1.165, 1.54) is 6.07 Å². The van der Waals surface area contributed by atoms with E-state index < -0.39 is 29.0 Å². The predicted octanol–water partition coefficient (Wildman–Crippen LogP) is 3.47. The number of benzene rings is 1. The first-order chi connectivity index (χ1) is 9.40. The normalized spacial score (nSPS) is 10.9. The van der Waals surface area contributed by atoms with Crippen molar-refractivity contribution >= 4 is 11.6 Å². The van der Waals surface area contributed by atoms with Crippen LogP contribution in [0.1, 0.15) is 36.0 Å². The average molecular weight is 284 g/mol. The minimum Gasteiger partial charge on any atom is -0.360 e. The molecule has 2 aromatic rings. The molecule has 0 saturated heterocycles. The van der Waals surface area contributed by atoms with Gasteiger partial charge in [0.05, 0.1) is 5.69 Å². The standard InChI is InChI=1S/C13H11F3N2O2/c1-6(2)10-5-9(18-20-10)13(19)17-8-4-3-7(14)11(15)12(8)16/h3-6H,1-2H3,(H,17,19). The molecule has 0 aliphatic heterocycles. The Hall–Kier alpha value is -2.31. The summed E-state index contributed by atoms with van der Waals surface area (Å²) < 4.78 is 44.1. The number of aromatic nitrogens is 1. The van der Waals surface area contributed by atoms with Gasteiger partial charge in [-0.05, 0) is 12.1 Å². The zero-order valence-electron chi connectivity index (χ0n) is 10.7. The van der Waals surface area contributed by atoms with Gasteiger partial charge in [-0.2, -0.15) is 0 Å². The fraction of sp³-hybridized carbons (Fsp3) is 0.231. The van der Waals surface area contributed by atoms with Crippen LogP contribution < -0.4 is 5.32 Å². The summed E-state index contributed by atoms with van der Waals surface area (Å²) in [5.41, 5.74) is -0.541. The van der Waals surface area contributed by atoms with E-state index in [4.69, 9.17) is 4.52 Å². The first kappa shape index (κ1) is 14.1. The highest BCUT2D eigenvalue weighted by atomic mass is 19.2. The van der Waals surface area contributed by atoms with Crippen molar-refractivity contribution in [2.75, 3.05) is 5.32 Å². The lowest BCUT2D eigenvalue weighted by molar-refractivity contribution is 0.101. The van der Waals surface area contributed by atoms with E-state index >= 15 is 0 Å². The Morgan fingerprint density at radius 3 is 2.55 bits per heavy atom. The molecule has 20 heavy (non-hydrogen) atoms. The molecule has 1 aromatic heterocycles. The Bertz CT molecular complexity index is 653. The van der Waals surface area contributed by atoms with Crippen LogP contribution in [-0.4, -0.2) is 11.1 Å². The molecule has 1 amide bonds. The van der Waals surface area contributed by atoms with Crippen LogP contribution >= 0.6 is 0 Å². The van der Waals surface area contributed by atoms with Gasteiger partial charge < -0.3 is 9.84 Å². The maximum Gasteiger partial charge on any atom is 0.277 e. The number of rotatable bonds is 3. The lowest BCUT2D eigenvalue weighted by atomic mass is 10.1. The molecular formula is C13H11F3N2O2. The third-order valence-electron chi connectivity index (χ3n) is 2.61. The summed E-state index contributed by atoms with van der Waals surface area (Å²) in [7, 11) is 0. The highest BCUT2D eigenvalue weighted by molar-refractivity contribution is 6.02. The van der Waals surface area contributed by atoms with Crippen LogP contribution in [0, 0.1) is 17.5 Å². The minimum absolute atomic E-state index is 0.0315. The summed E-state index contributed by atoms with van der Waals surface area (Å²) in [5.74, 6) is -4.70. The second kappa shape index (κ2) is 5.36. The fourth-order valence-corrected chi connectivity index (χ4v) is 1.48. The summed E-state index contributed by atoms with van der Waals surface area (Å²) in [6, 6.07) is 3.04. The first-order valence-electron chi connectivity index (χ1n) is 5.81. The Balaban J connectivity index is 2.21. The number of nitrogens with one attached hydrogen (secondary N) is 1. The van der Waals surface area contributed by atoms with Crippen molar-refractivity contribution in [1.29, 1.82) is 0 Å². The van der Waals surface area contributed by atoms with Crippen LogP contribution in [0.3, 0.4) is 0 Å². The van der Waals surface area contributed by atoms with Gasteiger partial charge in [-0.25, -0.2) is 13.2 Å². The zero-order valence-corrected chi connectivity index (χ0v) is 10.7. The summed E-state index contributed by atoms with van der Waals surface area (Å²) >= 11 is 0. The molecule has 7 heteroatoms. The molecule has 1 heterocycles. The number of carbonyl (C=O) groups excluding carboxylic acids is 1. The lowest BCUT2D eigenvalue weighted by Gasteiger charge is -2.05. The number of amides is 1. The van der Waals surface area contributed by atoms with E-state index in [9.17, 15) is 18.0 Å². The first-order valence-corrected chi connectivity index (χ1v) is 5.81.